The van der Waals surface area contributed by atoms with E-state index in [-0.39, 0.29) is 0 Å². The first kappa shape index (κ1) is 13.4. The average Bonchev–Trinajstić information content (AvgIpc) is 2.68. The SMILES string of the molecule is COc1cc(NCc2nc(C)c(C)s2)ccc1Br. The van der Waals surface area contributed by atoms with Gasteiger partial charge in [0.1, 0.15) is 10.8 Å². The van der Waals surface area contributed by atoms with Gasteiger partial charge in [-0.15, -0.1) is 11.3 Å². The fourth-order valence-electron chi connectivity index (χ4n) is 1.56. The molecule has 0 fully saturated rings. The number of thiazole rings is 1. The molecule has 2 aromatic rings. The smallest absolute Gasteiger partial charge is 0.135 e. The van der Waals surface area contributed by atoms with E-state index in [1.165, 1.54) is 4.88 Å². The van der Waals surface area contributed by atoms with E-state index in [0.29, 0.717) is 0 Å². The molecule has 0 aliphatic rings. The zero-order valence-electron chi connectivity index (χ0n) is 10.6. The van der Waals surface area contributed by atoms with Crippen molar-refractivity contribution < 1.29 is 4.74 Å². The van der Waals surface area contributed by atoms with Gasteiger partial charge in [0.25, 0.3) is 0 Å². The lowest BCUT2D eigenvalue weighted by Crippen LogP contribution is -1.99. The normalized spacial score (nSPS) is 10.4. The first-order valence-electron chi connectivity index (χ1n) is 5.60. The van der Waals surface area contributed by atoms with Crippen molar-refractivity contribution in [2.75, 3.05) is 12.4 Å². The summed E-state index contributed by atoms with van der Waals surface area (Å²) in [7, 11) is 1.66. The molecule has 1 heterocycles. The van der Waals surface area contributed by atoms with Gasteiger partial charge >= 0.3 is 0 Å². The lowest BCUT2D eigenvalue weighted by molar-refractivity contribution is 0.412. The fraction of sp³-hybridized carbons (Fsp3) is 0.308. The number of ether oxygens (including phenoxy) is 1. The molecule has 0 aliphatic heterocycles. The number of halogens is 1. The second-order valence-electron chi connectivity index (χ2n) is 3.95. The van der Waals surface area contributed by atoms with E-state index >= 15 is 0 Å². The Morgan fingerprint density at radius 3 is 2.78 bits per heavy atom. The summed E-state index contributed by atoms with van der Waals surface area (Å²) >= 11 is 5.17. The van der Waals surface area contributed by atoms with Crippen LogP contribution in [0.5, 0.6) is 5.75 Å². The second-order valence-corrected chi connectivity index (χ2v) is 6.09. The van der Waals surface area contributed by atoms with Crippen molar-refractivity contribution in [1.29, 1.82) is 0 Å². The van der Waals surface area contributed by atoms with Crippen LogP contribution in [0.1, 0.15) is 15.6 Å². The highest BCUT2D eigenvalue weighted by molar-refractivity contribution is 9.10. The Bertz CT molecular complexity index is 534. The van der Waals surface area contributed by atoms with Gasteiger partial charge in [-0.05, 0) is 41.9 Å². The van der Waals surface area contributed by atoms with E-state index in [1.54, 1.807) is 18.4 Å². The highest BCUT2D eigenvalue weighted by Crippen LogP contribution is 2.28. The number of methoxy groups -OCH3 is 1. The molecule has 0 saturated carbocycles. The van der Waals surface area contributed by atoms with Gasteiger partial charge in [-0.1, -0.05) is 0 Å². The molecule has 1 N–H and O–H groups in total. The van der Waals surface area contributed by atoms with Crippen LogP contribution in [-0.2, 0) is 6.54 Å². The van der Waals surface area contributed by atoms with Crippen molar-refractivity contribution in [3.8, 4) is 5.75 Å². The molecule has 0 amide bonds. The molecule has 1 aromatic heterocycles. The molecule has 0 saturated heterocycles. The molecule has 0 unspecified atom stereocenters. The Hall–Kier alpha value is -1.07. The molecule has 3 nitrogen and oxygen atoms in total. The summed E-state index contributed by atoms with van der Waals surface area (Å²) in [4.78, 5) is 5.78. The molecule has 0 bridgehead atoms. The zero-order valence-corrected chi connectivity index (χ0v) is 13.0. The predicted octanol–water partition coefficient (Wildman–Crippen LogP) is 4.14. The highest BCUT2D eigenvalue weighted by atomic mass is 79.9. The molecule has 18 heavy (non-hydrogen) atoms. The predicted molar refractivity (Wildman–Crippen MR) is 79.6 cm³/mol. The summed E-state index contributed by atoms with van der Waals surface area (Å²) < 4.78 is 6.22. The number of hydrogen-bond donors (Lipinski definition) is 1. The van der Waals surface area contributed by atoms with Gasteiger partial charge in [-0.2, -0.15) is 0 Å². The van der Waals surface area contributed by atoms with Crippen molar-refractivity contribution >= 4 is 33.0 Å². The van der Waals surface area contributed by atoms with Gasteiger partial charge in [0.2, 0.25) is 0 Å². The third kappa shape index (κ3) is 3.03. The topological polar surface area (TPSA) is 34.1 Å². The minimum absolute atomic E-state index is 0.740. The van der Waals surface area contributed by atoms with Gasteiger partial charge in [-0.3, -0.25) is 0 Å². The van der Waals surface area contributed by atoms with E-state index < -0.39 is 0 Å². The van der Waals surface area contributed by atoms with Crippen LogP contribution in [0.3, 0.4) is 0 Å². The lowest BCUT2D eigenvalue weighted by atomic mass is 10.3. The molecule has 0 radical (unpaired) electrons. The number of aryl methyl sites for hydroxylation is 2. The maximum Gasteiger partial charge on any atom is 0.135 e. The monoisotopic (exact) mass is 326 g/mol. The second kappa shape index (κ2) is 5.71. The van der Waals surface area contributed by atoms with Crippen LogP contribution < -0.4 is 10.1 Å². The van der Waals surface area contributed by atoms with Crippen molar-refractivity contribution in [3.63, 3.8) is 0 Å². The van der Waals surface area contributed by atoms with Gasteiger partial charge in [0.15, 0.2) is 0 Å². The minimum Gasteiger partial charge on any atom is -0.495 e. The van der Waals surface area contributed by atoms with Crippen molar-refractivity contribution in [2.24, 2.45) is 0 Å². The summed E-state index contributed by atoms with van der Waals surface area (Å²) in [6.45, 7) is 4.88. The van der Waals surface area contributed by atoms with Crippen LogP contribution in [0.25, 0.3) is 0 Å². The molecule has 0 spiro atoms. The number of benzene rings is 1. The van der Waals surface area contributed by atoms with Crippen LogP contribution in [-0.4, -0.2) is 12.1 Å². The summed E-state index contributed by atoms with van der Waals surface area (Å²) in [5.41, 5.74) is 2.14. The zero-order chi connectivity index (χ0) is 13.1. The van der Waals surface area contributed by atoms with E-state index in [1.807, 2.05) is 25.1 Å². The van der Waals surface area contributed by atoms with E-state index in [9.17, 15) is 0 Å². The first-order valence-corrected chi connectivity index (χ1v) is 7.21. The van der Waals surface area contributed by atoms with Crippen molar-refractivity contribution in [3.05, 3.63) is 38.3 Å². The number of anilines is 1. The molecule has 0 aliphatic carbocycles. The molecule has 96 valence electrons. The third-order valence-corrected chi connectivity index (χ3v) is 4.40. The fourth-order valence-corrected chi connectivity index (χ4v) is 2.84. The van der Waals surface area contributed by atoms with Gasteiger partial charge in [0, 0.05) is 16.6 Å². The van der Waals surface area contributed by atoms with E-state index in [2.05, 4.69) is 33.2 Å². The quantitative estimate of drug-likeness (QED) is 0.916. The molecular weight excluding hydrogens is 312 g/mol. The molecule has 0 atom stereocenters. The maximum atomic E-state index is 5.26. The number of rotatable bonds is 4. The summed E-state index contributed by atoms with van der Waals surface area (Å²) in [6, 6.07) is 5.96. The third-order valence-electron chi connectivity index (χ3n) is 2.67. The Morgan fingerprint density at radius 2 is 2.17 bits per heavy atom. The van der Waals surface area contributed by atoms with Crippen LogP contribution in [0.4, 0.5) is 5.69 Å². The highest BCUT2D eigenvalue weighted by Gasteiger charge is 2.05. The molecule has 1 aromatic carbocycles. The lowest BCUT2D eigenvalue weighted by Gasteiger charge is -2.08. The molecular formula is C13H15BrN2OS. The summed E-state index contributed by atoms with van der Waals surface area (Å²) in [5, 5.41) is 4.45. The number of nitrogens with zero attached hydrogens (tertiary/aromatic N) is 1. The summed E-state index contributed by atoms with van der Waals surface area (Å²) in [5.74, 6) is 0.825. The number of hydrogen-bond acceptors (Lipinski definition) is 4. The Morgan fingerprint density at radius 1 is 1.39 bits per heavy atom. The van der Waals surface area contributed by atoms with E-state index in [4.69, 9.17) is 4.74 Å². The number of aromatic nitrogens is 1. The standard InChI is InChI=1S/C13H15BrN2OS/c1-8-9(2)18-13(16-8)7-15-10-4-5-11(14)12(6-10)17-3/h4-6,15H,7H2,1-3H3. The molecule has 5 heteroatoms. The summed E-state index contributed by atoms with van der Waals surface area (Å²) in [6.07, 6.45) is 0. The van der Waals surface area contributed by atoms with Crippen LogP contribution in [0.2, 0.25) is 0 Å². The van der Waals surface area contributed by atoms with Gasteiger partial charge in [-0.25, -0.2) is 4.98 Å². The maximum absolute atomic E-state index is 5.26. The number of nitrogens with one attached hydrogen (secondary N) is 1. The minimum atomic E-state index is 0.740. The van der Waals surface area contributed by atoms with Crippen LogP contribution >= 0.6 is 27.3 Å². The van der Waals surface area contributed by atoms with Gasteiger partial charge < -0.3 is 10.1 Å². The van der Waals surface area contributed by atoms with Crippen molar-refractivity contribution in [2.45, 2.75) is 20.4 Å². The molecule has 2 rings (SSSR count). The Balaban J connectivity index is 2.06. The van der Waals surface area contributed by atoms with Gasteiger partial charge in [0.05, 0.1) is 23.8 Å². The van der Waals surface area contributed by atoms with Crippen LogP contribution in [0.15, 0.2) is 22.7 Å². The Labute approximate surface area is 119 Å². The Kier molecular flexibility index (Phi) is 4.24. The first-order chi connectivity index (χ1) is 8.60. The average molecular weight is 327 g/mol. The van der Waals surface area contributed by atoms with E-state index in [0.717, 1.165) is 33.2 Å². The van der Waals surface area contributed by atoms with Crippen LogP contribution in [0, 0.1) is 13.8 Å². The van der Waals surface area contributed by atoms with Crippen molar-refractivity contribution in [1.82, 2.24) is 4.98 Å². The largest absolute Gasteiger partial charge is 0.495 e.